The first kappa shape index (κ1) is 17.3. The molecule has 0 aliphatic heterocycles. The minimum absolute atomic E-state index is 0.0309. The highest BCUT2D eigenvalue weighted by atomic mass is 19.4. The van der Waals surface area contributed by atoms with Gasteiger partial charge in [0.25, 0.3) is 5.91 Å². The number of benzene rings is 1. The average molecular weight is 302 g/mol. The number of carbonyl (C=O) groups is 1. The molecule has 0 spiro atoms. The highest BCUT2D eigenvalue weighted by molar-refractivity contribution is 5.95. The highest BCUT2D eigenvalue weighted by Crippen LogP contribution is 2.35. The minimum atomic E-state index is -4.49. The van der Waals surface area contributed by atoms with E-state index in [4.69, 9.17) is 0 Å². The quantitative estimate of drug-likeness (QED) is 0.861. The molecule has 21 heavy (non-hydrogen) atoms. The number of carbonyl (C=O) groups excluding carboxylic acids is 1. The lowest BCUT2D eigenvalue weighted by atomic mass is 10.1. The summed E-state index contributed by atoms with van der Waals surface area (Å²) in [5.41, 5.74) is -0.774. The Kier molecular flexibility index (Phi) is 6.05. The van der Waals surface area contributed by atoms with Crippen molar-refractivity contribution in [3.05, 3.63) is 29.3 Å². The maximum absolute atomic E-state index is 13.0. The fourth-order valence-electron chi connectivity index (χ4n) is 2.17. The van der Waals surface area contributed by atoms with Gasteiger partial charge in [-0.15, -0.1) is 0 Å². The number of alkyl halides is 3. The van der Waals surface area contributed by atoms with Gasteiger partial charge in [0.1, 0.15) is 0 Å². The van der Waals surface area contributed by atoms with Gasteiger partial charge < -0.3 is 10.2 Å². The number of amides is 1. The zero-order valence-corrected chi connectivity index (χ0v) is 12.5. The predicted molar refractivity (Wildman–Crippen MR) is 77.5 cm³/mol. The molecule has 3 nitrogen and oxygen atoms in total. The number of anilines is 1. The molecule has 0 saturated heterocycles. The van der Waals surface area contributed by atoms with E-state index in [-0.39, 0.29) is 17.2 Å². The molecule has 0 radical (unpaired) electrons. The summed E-state index contributed by atoms with van der Waals surface area (Å²) in [4.78, 5) is 13.9. The fourth-order valence-corrected chi connectivity index (χ4v) is 2.17. The first-order valence-corrected chi connectivity index (χ1v) is 7.03. The van der Waals surface area contributed by atoms with Crippen molar-refractivity contribution < 1.29 is 18.0 Å². The topological polar surface area (TPSA) is 32.3 Å². The summed E-state index contributed by atoms with van der Waals surface area (Å²) in [6, 6.07) is 3.65. The first-order chi connectivity index (χ1) is 9.85. The molecule has 1 amide bonds. The molecule has 6 heteroatoms. The van der Waals surface area contributed by atoms with Gasteiger partial charge in [-0.3, -0.25) is 4.79 Å². The van der Waals surface area contributed by atoms with Crippen molar-refractivity contribution in [1.82, 2.24) is 4.90 Å². The van der Waals surface area contributed by atoms with Gasteiger partial charge in [-0.25, -0.2) is 0 Å². The molecule has 118 valence electrons. The van der Waals surface area contributed by atoms with Crippen LogP contribution in [0.1, 0.15) is 42.6 Å². The van der Waals surface area contributed by atoms with Gasteiger partial charge >= 0.3 is 6.18 Å². The molecule has 0 heterocycles. The maximum Gasteiger partial charge on any atom is 0.418 e. The molecule has 1 N–H and O–H groups in total. The molecular formula is C15H21F3N2O. The number of halogens is 3. The number of rotatable bonds is 6. The van der Waals surface area contributed by atoms with Gasteiger partial charge in [0.05, 0.1) is 5.56 Å². The molecule has 0 bridgehead atoms. The normalized spacial score (nSPS) is 11.3. The van der Waals surface area contributed by atoms with Gasteiger partial charge in [0.15, 0.2) is 0 Å². The van der Waals surface area contributed by atoms with E-state index in [0.29, 0.717) is 13.1 Å². The van der Waals surface area contributed by atoms with E-state index in [1.807, 2.05) is 13.8 Å². The molecule has 0 atom stereocenters. The van der Waals surface area contributed by atoms with Gasteiger partial charge in [0, 0.05) is 31.4 Å². The third-order valence-corrected chi connectivity index (χ3v) is 3.12. The Morgan fingerprint density at radius 3 is 2.19 bits per heavy atom. The average Bonchev–Trinajstić information content (AvgIpc) is 2.44. The van der Waals surface area contributed by atoms with E-state index < -0.39 is 11.7 Å². The Balaban J connectivity index is 3.15. The van der Waals surface area contributed by atoms with Crippen LogP contribution in [-0.2, 0) is 6.18 Å². The standard InChI is InChI=1S/C15H21F3N2O/c1-4-8-20(9-5-2)14(21)11-6-7-13(19-3)12(10-11)15(16,17)18/h6-7,10,19H,4-5,8-9H2,1-3H3. The molecule has 0 saturated carbocycles. The first-order valence-electron chi connectivity index (χ1n) is 7.03. The Bertz CT molecular complexity index is 480. The van der Waals surface area contributed by atoms with Crippen LogP contribution in [0.3, 0.4) is 0 Å². The Morgan fingerprint density at radius 1 is 1.19 bits per heavy atom. The van der Waals surface area contributed by atoms with Crippen molar-refractivity contribution in [2.75, 3.05) is 25.5 Å². The summed E-state index contributed by atoms with van der Waals surface area (Å²) < 4.78 is 39.0. The van der Waals surface area contributed by atoms with E-state index in [2.05, 4.69) is 5.32 Å². The van der Waals surface area contributed by atoms with Crippen LogP contribution in [0.4, 0.5) is 18.9 Å². The van der Waals surface area contributed by atoms with Crippen LogP contribution in [-0.4, -0.2) is 30.9 Å². The smallest absolute Gasteiger partial charge is 0.388 e. The molecule has 0 aromatic heterocycles. The largest absolute Gasteiger partial charge is 0.418 e. The van der Waals surface area contributed by atoms with E-state index in [9.17, 15) is 18.0 Å². The number of nitrogens with zero attached hydrogens (tertiary/aromatic N) is 1. The van der Waals surface area contributed by atoms with Gasteiger partial charge in [-0.2, -0.15) is 13.2 Å². The SMILES string of the molecule is CCCN(CCC)C(=O)c1ccc(NC)c(C(F)(F)F)c1. The third kappa shape index (κ3) is 4.37. The van der Waals surface area contributed by atoms with E-state index in [0.717, 1.165) is 18.9 Å². The number of hydrogen-bond acceptors (Lipinski definition) is 2. The number of nitrogens with one attached hydrogen (secondary N) is 1. The molecule has 0 fully saturated rings. The molecule has 1 aromatic rings. The van der Waals surface area contributed by atoms with E-state index in [1.54, 1.807) is 4.90 Å². The van der Waals surface area contributed by atoms with E-state index in [1.165, 1.54) is 19.2 Å². The molecular weight excluding hydrogens is 281 g/mol. The Hall–Kier alpha value is -1.72. The predicted octanol–water partition coefficient (Wildman–Crippen LogP) is 4.01. The zero-order chi connectivity index (χ0) is 16.0. The lowest BCUT2D eigenvalue weighted by Gasteiger charge is -2.22. The summed E-state index contributed by atoms with van der Waals surface area (Å²) in [6.07, 6.45) is -2.95. The summed E-state index contributed by atoms with van der Waals surface area (Å²) in [7, 11) is 1.42. The fraction of sp³-hybridized carbons (Fsp3) is 0.533. The van der Waals surface area contributed by atoms with Gasteiger partial charge in [-0.1, -0.05) is 13.8 Å². The second-order valence-corrected chi connectivity index (χ2v) is 4.80. The molecule has 0 aliphatic rings. The van der Waals surface area contributed by atoms with Crippen LogP contribution < -0.4 is 5.32 Å². The monoisotopic (exact) mass is 302 g/mol. The Morgan fingerprint density at radius 2 is 1.76 bits per heavy atom. The van der Waals surface area contributed by atoms with Crippen molar-refractivity contribution >= 4 is 11.6 Å². The van der Waals surface area contributed by atoms with E-state index >= 15 is 0 Å². The van der Waals surface area contributed by atoms with Crippen molar-refractivity contribution in [1.29, 1.82) is 0 Å². The highest BCUT2D eigenvalue weighted by Gasteiger charge is 2.34. The van der Waals surface area contributed by atoms with Crippen molar-refractivity contribution in [2.45, 2.75) is 32.9 Å². The van der Waals surface area contributed by atoms with Crippen molar-refractivity contribution in [3.63, 3.8) is 0 Å². The lowest BCUT2D eigenvalue weighted by Crippen LogP contribution is -2.32. The third-order valence-electron chi connectivity index (χ3n) is 3.12. The van der Waals surface area contributed by atoms with Crippen molar-refractivity contribution in [3.8, 4) is 0 Å². The van der Waals surface area contributed by atoms with Crippen LogP contribution >= 0.6 is 0 Å². The molecule has 1 rings (SSSR count). The summed E-state index contributed by atoms with van der Waals surface area (Å²) in [5.74, 6) is -0.355. The van der Waals surface area contributed by atoms with Crippen LogP contribution in [0.15, 0.2) is 18.2 Å². The summed E-state index contributed by atoms with van der Waals surface area (Å²) in [5, 5.41) is 2.50. The van der Waals surface area contributed by atoms with Gasteiger partial charge in [-0.05, 0) is 31.0 Å². The summed E-state index contributed by atoms with van der Waals surface area (Å²) in [6.45, 7) is 4.95. The molecule has 1 aromatic carbocycles. The summed E-state index contributed by atoms with van der Waals surface area (Å²) >= 11 is 0. The van der Waals surface area contributed by atoms with Crippen LogP contribution in [0.5, 0.6) is 0 Å². The lowest BCUT2D eigenvalue weighted by molar-refractivity contribution is -0.136. The van der Waals surface area contributed by atoms with Gasteiger partial charge in [0.2, 0.25) is 0 Å². The second kappa shape index (κ2) is 7.33. The van der Waals surface area contributed by atoms with Crippen LogP contribution in [0.25, 0.3) is 0 Å². The maximum atomic E-state index is 13.0. The minimum Gasteiger partial charge on any atom is -0.388 e. The van der Waals surface area contributed by atoms with Crippen LogP contribution in [0, 0.1) is 0 Å². The molecule has 0 unspecified atom stereocenters. The molecule has 0 aliphatic carbocycles. The second-order valence-electron chi connectivity index (χ2n) is 4.80. The Labute approximate surface area is 123 Å². The van der Waals surface area contributed by atoms with Crippen molar-refractivity contribution in [2.24, 2.45) is 0 Å². The number of hydrogen-bond donors (Lipinski definition) is 1. The zero-order valence-electron chi connectivity index (χ0n) is 12.5. The van der Waals surface area contributed by atoms with Crippen LogP contribution in [0.2, 0.25) is 0 Å².